The third kappa shape index (κ3) is 3.03. The van der Waals surface area contributed by atoms with E-state index in [-0.39, 0.29) is 5.54 Å². The van der Waals surface area contributed by atoms with Crippen molar-refractivity contribution >= 4 is 11.8 Å². The Hall–Kier alpha value is 0.230. The molecule has 0 bridgehead atoms. The summed E-state index contributed by atoms with van der Waals surface area (Å²) in [7, 11) is 0. The average molecular weight is 272 g/mol. The molecule has 3 nitrogen and oxygen atoms in total. The maximum Gasteiger partial charge on any atom is 0.0700 e. The Bertz CT molecular complexity index is 285. The van der Waals surface area contributed by atoms with Gasteiger partial charge in [0, 0.05) is 30.9 Å². The van der Waals surface area contributed by atoms with Crippen LogP contribution >= 0.6 is 11.8 Å². The van der Waals surface area contributed by atoms with Crippen molar-refractivity contribution in [1.29, 1.82) is 0 Å². The van der Waals surface area contributed by atoms with Crippen LogP contribution in [0.25, 0.3) is 0 Å². The van der Waals surface area contributed by atoms with Gasteiger partial charge in [0.2, 0.25) is 0 Å². The average Bonchev–Trinajstić information content (AvgIpc) is 2.37. The molecule has 2 rings (SSSR count). The van der Waals surface area contributed by atoms with Crippen molar-refractivity contribution in [3.63, 3.8) is 0 Å². The summed E-state index contributed by atoms with van der Waals surface area (Å²) in [6.07, 6.45) is 2.73. The second kappa shape index (κ2) is 5.70. The van der Waals surface area contributed by atoms with Crippen molar-refractivity contribution in [3.8, 4) is 0 Å². The summed E-state index contributed by atoms with van der Waals surface area (Å²) >= 11 is 2.07. The van der Waals surface area contributed by atoms with Crippen LogP contribution in [0.4, 0.5) is 0 Å². The zero-order chi connectivity index (χ0) is 13.2. The van der Waals surface area contributed by atoms with Crippen molar-refractivity contribution in [2.24, 2.45) is 11.1 Å². The van der Waals surface area contributed by atoms with Crippen molar-refractivity contribution in [3.05, 3.63) is 0 Å². The van der Waals surface area contributed by atoms with Gasteiger partial charge in [-0.25, -0.2) is 0 Å². The van der Waals surface area contributed by atoms with Crippen LogP contribution in [0.5, 0.6) is 0 Å². The minimum absolute atomic E-state index is 0.198. The predicted octanol–water partition coefficient (Wildman–Crippen LogP) is 1.96. The van der Waals surface area contributed by atoms with E-state index in [2.05, 4.69) is 37.4 Å². The van der Waals surface area contributed by atoms with Gasteiger partial charge < -0.3 is 10.5 Å². The molecule has 2 atom stereocenters. The van der Waals surface area contributed by atoms with E-state index in [0.29, 0.717) is 11.5 Å². The number of nitrogens with two attached hydrogens (primary N) is 1. The van der Waals surface area contributed by atoms with Gasteiger partial charge in [0.1, 0.15) is 0 Å². The van der Waals surface area contributed by atoms with Gasteiger partial charge in [-0.15, -0.1) is 0 Å². The topological polar surface area (TPSA) is 38.5 Å². The van der Waals surface area contributed by atoms with Crippen LogP contribution in [0, 0.1) is 5.41 Å². The first kappa shape index (κ1) is 14.6. The molecule has 0 saturated carbocycles. The van der Waals surface area contributed by atoms with Gasteiger partial charge in [0.05, 0.1) is 12.7 Å². The van der Waals surface area contributed by atoms with E-state index in [0.717, 1.165) is 32.7 Å². The van der Waals surface area contributed by atoms with Crippen LogP contribution in [-0.2, 0) is 4.74 Å². The van der Waals surface area contributed by atoms with Gasteiger partial charge in [-0.2, -0.15) is 11.8 Å². The second-order valence-corrected chi connectivity index (χ2v) is 7.59. The maximum absolute atomic E-state index is 6.18. The zero-order valence-corrected chi connectivity index (χ0v) is 12.9. The lowest BCUT2D eigenvalue weighted by Gasteiger charge is -2.52. The number of nitrogens with zero attached hydrogens (tertiary/aromatic N) is 1. The molecular weight excluding hydrogens is 244 g/mol. The molecular formula is C14H28N2OS. The molecule has 106 valence electrons. The lowest BCUT2D eigenvalue weighted by Crippen LogP contribution is -2.63. The van der Waals surface area contributed by atoms with Crippen molar-refractivity contribution < 1.29 is 4.74 Å². The second-order valence-electron chi connectivity index (χ2n) is 6.61. The molecule has 0 aromatic carbocycles. The Kier molecular flexibility index (Phi) is 4.63. The molecule has 0 aliphatic carbocycles. The summed E-state index contributed by atoms with van der Waals surface area (Å²) in [5.41, 5.74) is 6.78. The van der Waals surface area contributed by atoms with Gasteiger partial charge in [-0.1, -0.05) is 20.8 Å². The minimum Gasteiger partial charge on any atom is -0.376 e. The summed E-state index contributed by atoms with van der Waals surface area (Å²) < 4.78 is 5.80. The Morgan fingerprint density at radius 3 is 2.78 bits per heavy atom. The zero-order valence-electron chi connectivity index (χ0n) is 12.1. The molecule has 2 heterocycles. The molecule has 0 aromatic rings. The largest absolute Gasteiger partial charge is 0.376 e. The smallest absolute Gasteiger partial charge is 0.0700 e. The fourth-order valence-corrected chi connectivity index (χ4v) is 4.91. The van der Waals surface area contributed by atoms with Crippen LogP contribution in [-0.4, -0.2) is 54.3 Å². The number of thioether (sulfide) groups is 1. The highest BCUT2D eigenvalue weighted by molar-refractivity contribution is 7.99. The predicted molar refractivity (Wildman–Crippen MR) is 79.1 cm³/mol. The lowest BCUT2D eigenvalue weighted by atomic mass is 9.78. The highest BCUT2D eigenvalue weighted by atomic mass is 32.2. The van der Waals surface area contributed by atoms with Crippen molar-refractivity contribution in [1.82, 2.24) is 4.90 Å². The Balaban J connectivity index is 2.11. The number of rotatable bonds is 3. The SMILES string of the molecule is CCC1CN(C2(CN)CSCC(C)(C)C2)CCO1. The summed E-state index contributed by atoms with van der Waals surface area (Å²) in [6, 6.07) is 0. The molecule has 4 heteroatoms. The quantitative estimate of drug-likeness (QED) is 0.852. The third-order valence-corrected chi connectivity index (χ3v) is 6.04. The lowest BCUT2D eigenvalue weighted by molar-refractivity contribution is -0.0726. The van der Waals surface area contributed by atoms with Gasteiger partial charge in [-0.3, -0.25) is 4.90 Å². The van der Waals surface area contributed by atoms with Crippen LogP contribution in [0.2, 0.25) is 0 Å². The molecule has 2 unspecified atom stereocenters. The summed E-state index contributed by atoms with van der Waals surface area (Å²) in [6.45, 7) is 10.7. The van der Waals surface area contributed by atoms with Crippen LogP contribution in [0.15, 0.2) is 0 Å². The van der Waals surface area contributed by atoms with E-state index in [1.165, 1.54) is 17.9 Å². The molecule has 2 aliphatic heterocycles. The third-order valence-electron chi connectivity index (χ3n) is 4.32. The van der Waals surface area contributed by atoms with E-state index in [1.807, 2.05) is 0 Å². The van der Waals surface area contributed by atoms with Gasteiger partial charge in [-0.05, 0) is 24.0 Å². The van der Waals surface area contributed by atoms with E-state index < -0.39 is 0 Å². The summed E-state index contributed by atoms with van der Waals surface area (Å²) in [5.74, 6) is 2.44. The van der Waals surface area contributed by atoms with Crippen LogP contribution in [0.3, 0.4) is 0 Å². The molecule has 2 fully saturated rings. The van der Waals surface area contributed by atoms with Crippen molar-refractivity contribution in [2.45, 2.75) is 45.3 Å². The van der Waals surface area contributed by atoms with Gasteiger partial charge in [0.15, 0.2) is 0 Å². The Labute approximate surface area is 116 Å². The molecule has 0 aromatic heterocycles. The van der Waals surface area contributed by atoms with Crippen LogP contribution < -0.4 is 5.73 Å². The Morgan fingerprint density at radius 2 is 2.17 bits per heavy atom. The first-order valence-electron chi connectivity index (χ1n) is 7.16. The number of ether oxygens (including phenoxy) is 1. The van der Waals surface area contributed by atoms with Gasteiger partial charge in [0.25, 0.3) is 0 Å². The van der Waals surface area contributed by atoms with Crippen molar-refractivity contribution in [2.75, 3.05) is 37.7 Å². The fraction of sp³-hybridized carbons (Fsp3) is 1.00. The van der Waals surface area contributed by atoms with Gasteiger partial charge >= 0.3 is 0 Å². The van der Waals surface area contributed by atoms with E-state index in [9.17, 15) is 0 Å². The molecule has 0 amide bonds. The van der Waals surface area contributed by atoms with Crippen LogP contribution in [0.1, 0.15) is 33.6 Å². The number of morpholine rings is 1. The molecule has 0 spiro atoms. The first-order valence-corrected chi connectivity index (χ1v) is 8.31. The molecule has 18 heavy (non-hydrogen) atoms. The highest BCUT2D eigenvalue weighted by Crippen LogP contribution is 2.42. The Morgan fingerprint density at radius 1 is 1.39 bits per heavy atom. The molecule has 2 saturated heterocycles. The molecule has 2 N–H and O–H groups in total. The highest BCUT2D eigenvalue weighted by Gasteiger charge is 2.44. The van der Waals surface area contributed by atoms with E-state index in [4.69, 9.17) is 10.5 Å². The minimum atomic E-state index is 0.198. The van der Waals surface area contributed by atoms with E-state index >= 15 is 0 Å². The number of hydrogen-bond donors (Lipinski definition) is 1. The molecule has 0 radical (unpaired) electrons. The van der Waals surface area contributed by atoms with E-state index in [1.54, 1.807) is 0 Å². The normalized spacial score (nSPS) is 37.7. The number of hydrogen-bond acceptors (Lipinski definition) is 4. The first-order chi connectivity index (χ1) is 8.51. The fourth-order valence-electron chi connectivity index (χ4n) is 3.37. The standard InChI is InChI=1S/C14H28N2OS/c1-4-12-7-16(5-6-17-12)14(9-15)8-13(2,3)10-18-11-14/h12H,4-11,15H2,1-3H3. The summed E-state index contributed by atoms with van der Waals surface area (Å²) in [5, 5.41) is 0. The molecule has 2 aliphatic rings. The monoisotopic (exact) mass is 272 g/mol. The summed E-state index contributed by atoms with van der Waals surface area (Å²) in [4.78, 5) is 2.62. The maximum atomic E-state index is 6.18.